The highest BCUT2D eigenvalue weighted by Gasteiger charge is 2.73. The van der Waals surface area contributed by atoms with Crippen LogP contribution in [0.5, 0.6) is 0 Å². The van der Waals surface area contributed by atoms with E-state index in [0.29, 0.717) is 38.5 Å². The second-order valence-electron chi connectivity index (χ2n) is 20.3. The molecule has 56 heavy (non-hydrogen) atoms. The van der Waals surface area contributed by atoms with E-state index in [1.165, 1.54) is 0 Å². The SMILES string of the molecule is CC(C)=CCC[C@](C)(O[C@@H]1O[C@H](CO[C@@H]2O[C@H](CO)[C@@H](O)[C@H](O)[C@H]2O)[C@@H](O)[C@H](O)[C@H]1O)[C@H]1CC[C@]2(C)[C@@H]1[C@H](O)C[C@@H]1[C@@]3(C)CC[C@H](O)C(C)(C)[C@@H]3[C@@H](O)C[C@]12C. The quantitative estimate of drug-likeness (QED) is 0.140. The van der Waals surface area contributed by atoms with Gasteiger partial charge in [-0.05, 0) is 117 Å². The molecule has 2 aliphatic heterocycles. The summed E-state index contributed by atoms with van der Waals surface area (Å²) in [5.74, 6) is -0.477. The highest BCUT2D eigenvalue weighted by molar-refractivity contribution is 5.22. The summed E-state index contributed by atoms with van der Waals surface area (Å²) in [4.78, 5) is 0. The van der Waals surface area contributed by atoms with Crippen LogP contribution in [0.2, 0.25) is 0 Å². The van der Waals surface area contributed by atoms with Crippen molar-refractivity contribution < 1.29 is 70.0 Å². The van der Waals surface area contributed by atoms with Crippen molar-refractivity contribution in [3.05, 3.63) is 11.6 Å². The summed E-state index contributed by atoms with van der Waals surface area (Å²) in [6.07, 6.45) is -9.99. The Morgan fingerprint density at radius 3 is 1.98 bits per heavy atom. The van der Waals surface area contributed by atoms with Gasteiger partial charge < -0.3 is 70.0 Å². The van der Waals surface area contributed by atoms with Gasteiger partial charge in [-0.2, -0.15) is 0 Å². The number of hydrogen-bond donors (Lipinski definition) is 10. The van der Waals surface area contributed by atoms with E-state index in [4.69, 9.17) is 18.9 Å². The summed E-state index contributed by atoms with van der Waals surface area (Å²) in [6, 6.07) is 0. The number of fused-ring (bicyclic) bond motifs is 5. The van der Waals surface area contributed by atoms with Gasteiger partial charge in [0.15, 0.2) is 12.6 Å². The van der Waals surface area contributed by atoms with Crippen molar-refractivity contribution in [1.82, 2.24) is 0 Å². The maximum absolute atomic E-state index is 12.4. The molecule has 10 N–H and O–H groups in total. The molecule has 6 aliphatic rings. The van der Waals surface area contributed by atoms with E-state index in [2.05, 4.69) is 40.7 Å². The predicted octanol–water partition coefficient (Wildman–Crippen LogP) is 1.12. The van der Waals surface area contributed by atoms with Gasteiger partial charge >= 0.3 is 0 Å². The van der Waals surface area contributed by atoms with Crippen molar-refractivity contribution in [2.45, 2.75) is 192 Å². The van der Waals surface area contributed by atoms with Crippen LogP contribution < -0.4 is 0 Å². The van der Waals surface area contributed by atoms with Gasteiger partial charge in [0.25, 0.3) is 0 Å². The van der Waals surface area contributed by atoms with E-state index in [1.807, 2.05) is 20.8 Å². The summed E-state index contributed by atoms with van der Waals surface area (Å²) in [5, 5.41) is 109. The third-order valence-corrected chi connectivity index (χ3v) is 16.6. The van der Waals surface area contributed by atoms with Crippen molar-refractivity contribution in [3.63, 3.8) is 0 Å². The van der Waals surface area contributed by atoms with Crippen LogP contribution in [0, 0.1) is 45.3 Å². The molecule has 2 saturated heterocycles. The molecule has 0 spiro atoms. The lowest BCUT2D eigenvalue weighted by Gasteiger charge is -2.71. The number of allylic oxidation sites excluding steroid dienone is 2. The van der Waals surface area contributed by atoms with Crippen LogP contribution in [0.4, 0.5) is 0 Å². The van der Waals surface area contributed by atoms with Crippen LogP contribution in [0.1, 0.15) is 107 Å². The molecule has 2 heterocycles. The van der Waals surface area contributed by atoms with Crippen molar-refractivity contribution in [2.24, 2.45) is 45.3 Å². The average molecular weight is 801 g/mol. The van der Waals surface area contributed by atoms with E-state index in [1.54, 1.807) is 0 Å². The van der Waals surface area contributed by atoms with Gasteiger partial charge in [0, 0.05) is 0 Å². The summed E-state index contributed by atoms with van der Waals surface area (Å²) >= 11 is 0. The molecule has 0 aromatic rings. The van der Waals surface area contributed by atoms with Crippen molar-refractivity contribution in [2.75, 3.05) is 13.2 Å². The lowest BCUT2D eigenvalue weighted by atomic mass is 9.34. The molecule has 324 valence electrons. The van der Waals surface area contributed by atoms with E-state index >= 15 is 0 Å². The van der Waals surface area contributed by atoms with Gasteiger partial charge in [-0.15, -0.1) is 0 Å². The Labute approximate surface area is 331 Å². The fourth-order valence-electron chi connectivity index (χ4n) is 13.4. The fourth-order valence-corrected chi connectivity index (χ4v) is 13.4. The van der Waals surface area contributed by atoms with Crippen LogP contribution in [0.3, 0.4) is 0 Å². The molecule has 0 aromatic heterocycles. The van der Waals surface area contributed by atoms with E-state index in [0.717, 1.165) is 18.4 Å². The highest BCUT2D eigenvalue weighted by Crippen LogP contribution is 2.76. The standard InChI is InChI=1S/C42H72O14/c1-20(2)10-9-13-42(8,56-37-34(52)32(50)30(48)25(55-37)19-53-36-33(51)31(49)29(47)24(18-43)54-36)21-11-15-40(6)28(21)22(44)16-26-39(5)14-12-27(46)38(3,4)35(39)23(45)17-41(26,40)7/h10,21-37,43-52H,9,11-19H2,1-8H3/t21-,22+,23-,24+,25+,26+,27-,28-,29+,30+,31-,32-,33+,34+,35-,36+,37-,39+,40+,41+,42-/m0/s1. The zero-order chi connectivity index (χ0) is 41.5. The van der Waals surface area contributed by atoms with Gasteiger partial charge in [0.2, 0.25) is 0 Å². The first-order valence-corrected chi connectivity index (χ1v) is 21.0. The maximum atomic E-state index is 12.4. The lowest BCUT2D eigenvalue weighted by Crippen LogP contribution is -2.70. The molecule has 0 amide bonds. The third-order valence-electron chi connectivity index (χ3n) is 16.6. The van der Waals surface area contributed by atoms with Crippen molar-refractivity contribution in [3.8, 4) is 0 Å². The monoisotopic (exact) mass is 800 g/mol. The van der Waals surface area contributed by atoms with E-state index in [-0.39, 0.29) is 34.5 Å². The fraction of sp³-hybridized carbons (Fsp3) is 0.952. The predicted molar refractivity (Wildman–Crippen MR) is 202 cm³/mol. The Hall–Kier alpha value is -0.820. The smallest absolute Gasteiger partial charge is 0.187 e. The molecule has 0 bridgehead atoms. The molecule has 6 fully saturated rings. The summed E-state index contributed by atoms with van der Waals surface area (Å²) in [6.45, 7) is 15.8. The normalized spacial score (nSPS) is 52.6. The first-order chi connectivity index (χ1) is 26.0. The van der Waals surface area contributed by atoms with Crippen LogP contribution in [0.25, 0.3) is 0 Å². The summed E-state index contributed by atoms with van der Waals surface area (Å²) < 4.78 is 24.1. The van der Waals surface area contributed by atoms with Crippen LogP contribution in [0.15, 0.2) is 11.6 Å². The third kappa shape index (κ3) is 7.16. The van der Waals surface area contributed by atoms with Crippen LogP contribution in [-0.4, -0.2) is 150 Å². The lowest BCUT2D eigenvalue weighted by molar-refractivity contribution is -0.350. The summed E-state index contributed by atoms with van der Waals surface area (Å²) in [7, 11) is 0. The van der Waals surface area contributed by atoms with Gasteiger partial charge in [-0.25, -0.2) is 0 Å². The van der Waals surface area contributed by atoms with Crippen molar-refractivity contribution in [1.29, 1.82) is 0 Å². The van der Waals surface area contributed by atoms with Gasteiger partial charge in [-0.1, -0.05) is 46.3 Å². The molecule has 0 aromatic carbocycles. The second kappa shape index (κ2) is 15.9. The average Bonchev–Trinajstić information content (AvgIpc) is 3.51. The van der Waals surface area contributed by atoms with Crippen molar-refractivity contribution >= 4 is 0 Å². The van der Waals surface area contributed by atoms with E-state index in [9.17, 15) is 51.1 Å². The molecule has 14 nitrogen and oxygen atoms in total. The molecular formula is C42H72O14. The minimum Gasteiger partial charge on any atom is -0.394 e. The molecular weight excluding hydrogens is 728 g/mol. The minimum atomic E-state index is -1.70. The Morgan fingerprint density at radius 2 is 1.36 bits per heavy atom. The number of hydrogen-bond acceptors (Lipinski definition) is 14. The maximum Gasteiger partial charge on any atom is 0.187 e. The topological polar surface area (TPSA) is 239 Å². The Morgan fingerprint density at radius 1 is 0.750 bits per heavy atom. The highest BCUT2D eigenvalue weighted by atomic mass is 16.7. The molecule has 0 radical (unpaired) electrons. The number of rotatable bonds is 10. The Kier molecular flexibility index (Phi) is 12.7. The van der Waals surface area contributed by atoms with E-state index < -0.39 is 109 Å². The minimum absolute atomic E-state index is 0.104. The number of ether oxygens (including phenoxy) is 4. The molecule has 14 heteroatoms. The van der Waals surface area contributed by atoms with Crippen LogP contribution in [-0.2, 0) is 18.9 Å². The Bertz CT molecular complexity index is 1410. The van der Waals surface area contributed by atoms with Crippen LogP contribution >= 0.6 is 0 Å². The largest absolute Gasteiger partial charge is 0.394 e. The summed E-state index contributed by atoms with van der Waals surface area (Å²) in [5.41, 5.74) is -1.42. The Balaban J connectivity index is 1.27. The van der Waals surface area contributed by atoms with Gasteiger partial charge in [0.05, 0.1) is 37.1 Å². The van der Waals surface area contributed by atoms with Gasteiger partial charge in [-0.3, -0.25) is 0 Å². The molecule has 0 unspecified atom stereocenters. The molecule has 4 saturated carbocycles. The first-order valence-electron chi connectivity index (χ1n) is 21.0. The number of aliphatic hydroxyl groups is 10. The molecule has 6 rings (SSSR count). The molecule has 21 atom stereocenters. The molecule has 4 aliphatic carbocycles. The second-order valence-corrected chi connectivity index (χ2v) is 20.3. The number of aliphatic hydroxyl groups excluding tert-OH is 10. The first kappa shape index (κ1) is 44.7. The zero-order valence-corrected chi connectivity index (χ0v) is 34.6. The zero-order valence-electron chi connectivity index (χ0n) is 34.6. The van der Waals surface area contributed by atoms with Gasteiger partial charge in [0.1, 0.15) is 48.8 Å².